The van der Waals surface area contributed by atoms with Crippen LogP contribution in [0.2, 0.25) is 0 Å². The fourth-order valence-electron chi connectivity index (χ4n) is 1.73. The largest absolute Gasteiger partial charge is 0.353 e. The molecule has 4 heteroatoms. The minimum atomic E-state index is 0.0170. The van der Waals surface area contributed by atoms with Crippen LogP contribution in [-0.4, -0.2) is 29.1 Å². The Balaban J connectivity index is 1.65. The molecule has 0 bridgehead atoms. The number of imidazole rings is 1. The van der Waals surface area contributed by atoms with E-state index in [-0.39, 0.29) is 6.29 Å². The highest BCUT2D eigenvalue weighted by molar-refractivity contribution is 4.91. The predicted molar refractivity (Wildman–Crippen MR) is 56.5 cm³/mol. The molecular weight excluding hydrogens is 192 g/mol. The lowest BCUT2D eigenvalue weighted by atomic mass is 10.2. The molecule has 1 fully saturated rings. The van der Waals surface area contributed by atoms with Crippen LogP contribution in [-0.2, 0) is 16.0 Å². The first-order chi connectivity index (χ1) is 7.34. The highest BCUT2D eigenvalue weighted by atomic mass is 16.7. The lowest BCUT2D eigenvalue weighted by Gasteiger charge is -2.22. The van der Waals surface area contributed by atoms with Crippen molar-refractivity contribution < 1.29 is 9.47 Å². The third-order valence-electron chi connectivity index (χ3n) is 2.55. The standard InChI is InChI=1S/C11H18N2O2/c1-10-8-13(9-12-10)5-7-15-11-4-2-3-6-14-11/h8-9,11H,2-7H2,1H3. The topological polar surface area (TPSA) is 36.3 Å². The molecule has 1 atom stereocenters. The van der Waals surface area contributed by atoms with Crippen molar-refractivity contribution in [3.8, 4) is 0 Å². The average Bonchev–Trinajstić information content (AvgIpc) is 2.66. The summed E-state index contributed by atoms with van der Waals surface area (Å²) in [5.41, 5.74) is 1.05. The highest BCUT2D eigenvalue weighted by Gasteiger charge is 2.13. The number of nitrogens with zero attached hydrogens (tertiary/aromatic N) is 2. The summed E-state index contributed by atoms with van der Waals surface area (Å²) in [4.78, 5) is 4.16. The first kappa shape index (κ1) is 10.6. The van der Waals surface area contributed by atoms with E-state index in [0.717, 1.165) is 25.3 Å². The maximum absolute atomic E-state index is 5.63. The highest BCUT2D eigenvalue weighted by Crippen LogP contribution is 2.13. The third kappa shape index (κ3) is 3.32. The smallest absolute Gasteiger partial charge is 0.157 e. The maximum Gasteiger partial charge on any atom is 0.157 e. The molecule has 1 aliphatic heterocycles. The SMILES string of the molecule is Cc1cn(CCOC2CCCCO2)cn1. The fourth-order valence-corrected chi connectivity index (χ4v) is 1.73. The van der Waals surface area contributed by atoms with Gasteiger partial charge in [-0.3, -0.25) is 0 Å². The number of rotatable bonds is 4. The van der Waals surface area contributed by atoms with Gasteiger partial charge in [-0.2, -0.15) is 0 Å². The van der Waals surface area contributed by atoms with Crippen molar-refractivity contribution in [2.75, 3.05) is 13.2 Å². The van der Waals surface area contributed by atoms with Gasteiger partial charge in [-0.25, -0.2) is 4.98 Å². The van der Waals surface area contributed by atoms with Gasteiger partial charge in [-0.15, -0.1) is 0 Å². The zero-order valence-corrected chi connectivity index (χ0v) is 9.19. The molecule has 0 aliphatic carbocycles. The van der Waals surface area contributed by atoms with Crippen LogP contribution in [0.1, 0.15) is 25.0 Å². The van der Waals surface area contributed by atoms with Gasteiger partial charge in [0, 0.05) is 19.3 Å². The lowest BCUT2D eigenvalue weighted by Crippen LogP contribution is -2.23. The first-order valence-electron chi connectivity index (χ1n) is 5.56. The molecule has 0 amide bonds. The van der Waals surface area contributed by atoms with E-state index in [1.165, 1.54) is 12.8 Å². The van der Waals surface area contributed by atoms with Crippen LogP contribution in [0.4, 0.5) is 0 Å². The van der Waals surface area contributed by atoms with Crippen molar-refractivity contribution in [1.82, 2.24) is 9.55 Å². The van der Waals surface area contributed by atoms with E-state index in [1.807, 2.05) is 24.0 Å². The molecular formula is C11H18N2O2. The number of aromatic nitrogens is 2. The molecule has 1 aliphatic rings. The molecule has 0 saturated carbocycles. The molecule has 0 radical (unpaired) electrons. The second-order valence-corrected chi connectivity index (χ2v) is 3.92. The Morgan fingerprint density at radius 2 is 2.53 bits per heavy atom. The van der Waals surface area contributed by atoms with Gasteiger partial charge in [0.1, 0.15) is 0 Å². The summed E-state index contributed by atoms with van der Waals surface area (Å²) in [6, 6.07) is 0. The quantitative estimate of drug-likeness (QED) is 0.759. The Labute approximate surface area is 90.2 Å². The van der Waals surface area contributed by atoms with Crippen molar-refractivity contribution in [2.45, 2.75) is 39.0 Å². The molecule has 15 heavy (non-hydrogen) atoms. The zero-order chi connectivity index (χ0) is 10.5. The molecule has 1 aromatic rings. The summed E-state index contributed by atoms with van der Waals surface area (Å²) in [5, 5.41) is 0. The van der Waals surface area contributed by atoms with Crippen molar-refractivity contribution >= 4 is 0 Å². The molecule has 2 heterocycles. The van der Waals surface area contributed by atoms with E-state index in [0.29, 0.717) is 6.61 Å². The van der Waals surface area contributed by atoms with Crippen LogP contribution >= 0.6 is 0 Å². The van der Waals surface area contributed by atoms with Gasteiger partial charge in [0.2, 0.25) is 0 Å². The van der Waals surface area contributed by atoms with Crippen molar-refractivity contribution in [1.29, 1.82) is 0 Å². The van der Waals surface area contributed by atoms with E-state index in [2.05, 4.69) is 4.98 Å². The summed E-state index contributed by atoms with van der Waals surface area (Å²) in [5.74, 6) is 0. The number of ether oxygens (including phenoxy) is 2. The Morgan fingerprint density at radius 1 is 1.60 bits per heavy atom. The second-order valence-electron chi connectivity index (χ2n) is 3.92. The van der Waals surface area contributed by atoms with Gasteiger partial charge in [-0.1, -0.05) is 0 Å². The molecule has 2 rings (SSSR count). The van der Waals surface area contributed by atoms with Crippen LogP contribution < -0.4 is 0 Å². The van der Waals surface area contributed by atoms with Crippen LogP contribution in [0.25, 0.3) is 0 Å². The summed E-state index contributed by atoms with van der Waals surface area (Å²) < 4.78 is 13.1. The molecule has 84 valence electrons. The van der Waals surface area contributed by atoms with Crippen LogP contribution in [0.3, 0.4) is 0 Å². The van der Waals surface area contributed by atoms with Gasteiger partial charge in [0.25, 0.3) is 0 Å². The molecule has 0 N–H and O–H groups in total. The summed E-state index contributed by atoms with van der Waals surface area (Å²) in [7, 11) is 0. The second kappa shape index (κ2) is 5.28. The van der Waals surface area contributed by atoms with Gasteiger partial charge in [0.15, 0.2) is 6.29 Å². The van der Waals surface area contributed by atoms with Gasteiger partial charge in [-0.05, 0) is 26.2 Å². The normalized spacial score (nSPS) is 21.8. The van der Waals surface area contributed by atoms with E-state index >= 15 is 0 Å². The molecule has 1 unspecified atom stereocenters. The van der Waals surface area contributed by atoms with Gasteiger partial charge in [0.05, 0.1) is 18.6 Å². The minimum Gasteiger partial charge on any atom is -0.353 e. The average molecular weight is 210 g/mol. The van der Waals surface area contributed by atoms with Crippen LogP contribution in [0.15, 0.2) is 12.5 Å². The molecule has 1 aromatic heterocycles. The maximum atomic E-state index is 5.63. The third-order valence-corrected chi connectivity index (χ3v) is 2.55. The molecule has 0 aromatic carbocycles. The van der Waals surface area contributed by atoms with E-state index in [9.17, 15) is 0 Å². The monoisotopic (exact) mass is 210 g/mol. The first-order valence-corrected chi connectivity index (χ1v) is 5.56. The Bertz CT molecular complexity index is 293. The molecule has 0 spiro atoms. The lowest BCUT2D eigenvalue weighted by molar-refractivity contribution is -0.163. The number of hydrogen-bond acceptors (Lipinski definition) is 3. The van der Waals surface area contributed by atoms with Crippen molar-refractivity contribution in [3.63, 3.8) is 0 Å². The zero-order valence-electron chi connectivity index (χ0n) is 9.19. The van der Waals surface area contributed by atoms with E-state index in [1.54, 1.807) is 0 Å². The summed E-state index contributed by atoms with van der Waals surface area (Å²) in [6.07, 6.45) is 7.28. The minimum absolute atomic E-state index is 0.0170. The summed E-state index contributed by atoms with van der Waals surface area (Å²) >= 11 is 0. The van der Waals surface area contributed by atoms with Gasteiger partial charge < -0.3 is 14.0 Å². The van der Waals surface area contributed by atoms with E-state index < -0.39 is 0 Å². The van der Waals surface area contributed by atoms with Crippen molar-refractivity contribution in [3.05, 3.63) is 18.2 Å². The van der Waals surface area contributed by atoms with Crippen molar-refractivity contribution in [2.24, 2.45) is 0 Å². The fraction of sp³-hybridized carbons (Fsp3) is 0.727. The van der Waals surface area contributed by atoms with E-state index in [4.69, 9.17) is 9.47 Å². The Kier molecular flexibility index (Phi) is 3.75. The molecule has 4 nitrogen and oxygen atoms in total. The predicted octanol–water partition coefficient (Wildman–Crippen LogP) is 1.73. The van der Waals surface area contributed by atoms with Gasteiger partial charge >= 0.3 is 0 Å². The van der Waals surface area contributed by atoms with Crippen LogP contribution in [0.5, 0.6) is 0 Å². The Hall–Kier alpha value is -0.870. The number of hydrogen-bond donors (Lipinski definition) is 0. The van der Waals surface area contributed by atoms with Crippen LogP contribution in [0, 0.1) is 6.92 Å². The summed E-state index contributed by atoms with van der Waals surface area (Å²) in [6.45, 7) is 4.37. The number of aryl methyl sites for hydroxylation is 1. The Morgan fingerprint density at radius 3 is 3.20 bits per heavy atom. The molecule has 1 saturated heterocycles.